The fourth-order valence-corrected chi connectivity index (χ4v) is 4.37. The first-order valence-electron chi connectivity index (χ1n) is 12.0. The maximum atomic E-state index is 14.8. The second-order valence-corrected chi connectivity index (χ2v) is 9.62. The van der Waals surface area contributed by atoms with Crippen LogP contribution < -0.4 is 9.47 Å². The molecule has 35 heavy (non-hydrogen) atoms. The molecule has 3 aromatic rings. The van der Waals surface area contributed by atoms with E-state index in [-0.39, 0.29) is 17.7 Å². The number of nitrogens with zero attached hydrogens (tertiary/aromatic N) is 1. The smallest absolute Gasteiger partial charge is 0.303 e. The van der Waals surface area contributed by atoms with Crippen LogP contribution in [0.4, 0.5) is 4.39 Å². The molecule has 6 heteroatoms. The van der Waals surface area contributed by atoms with Crippen molar-refractivity contribution in [1.82, 2.24) is 4.98 Å². The third kappa shape index (κ3) is 7.54. The Balaban J connectivity index is 1.88. The fourth-order valence-electron chi connectivity index (χ4n) is 4.37. The van der Waals surface area contributed by atoms with E-state index >= 15 is 0 Å². The maximum Gasteiger partial charge on any atom is 0.303 e. The molecule has 0 aliphatic rings. The van der Waals surface area contributed by atoms with Gasteiger partial charge in [0.2, 0.25) is 5.88 Å². The second kappa shape index (κ2) is 11.8. The molecule has 0 saturated heterocycles. The predicted molar refractivity (Wildman–Crippen MR) is 135 cm³/mol. The number of hydrogen-bond acceptors (Lipinski definition) is 4. The molecule has 0 spiro atoms. The molecule has 0 bridgehead atoms. The Kier molecular flexibility index (Phi) is 8.85. The van der Waals surface area contributed by atoms with Gasteiger partial charge >= 0.3 is 5.97 Å². The first-order chi connectivity index (χ1) is 16.7. The van der Waals surface area contributed by atoms with Crippen LogP contribution in [0.3, 0.4) is 0 Å². The summed E-state index contributed by atoms with van der Waals surface area (Å²) in [7, 11) is 1.52. The normalized spacial score (nSPS) is 11.3. The molecule has 0 amide bonds. The van der Waals surface area contributed by atoms with Gasteiger partial charge in [0.15, 0.2) is 0 Å². The van der Waals surface area contributed by atoms with Gasteiger partial charge in [-0.3, -0.25) is 4.79 Å². The molecule has 1 aromatic heterocycles. The van der Waals surface area contributed by atoms with Crippen molar-refractivity contribution in [1.29, 1.82) is 0 Å². The van der Waals surface area contributed by atoms with E-state index < -0.39 is 5.97 Å². The minimum absolute atomic E-state index is 0.0506. The van der Waals surface area contributed by atoms with Gasteiger partial charge in [0.1, 0.15) is 18.2 Å². The highest BCUT2D eigenvalue weighted by Crippen LogP contribution is 2.35. The van der Waals surface area contributed by atoms with Crippen LogP contribution in [0.25, 0.3) is 11.1 Å². The summed E-state index contributed by atoms with van der Waals surface area (Å²) in [6, 6.07) is 15.1. The number of carboxylic acid groups (broad SMARTS) is 1. The number of carboxylic acids is 1. The van der Waals surface area contributed by atoms with Gasteiger partial charge in [0, 0.05) is 18.1 Å². The van der Waals surface area contributed by atoms with E-state index in [1.807, 2.05) is 36.4 Å². The highest BCUT2D eigenvalue weighted by molar-refractivity contribution is 5.69. The Hall–Kier alpha value is -3.41. The Bertz CT molecular complexity index is 1160. The third-order valence-corrected chi connectivity index (χ3v) is 6.03. The highest BCUT2D eigenvalue weighted by atomic mass is 19.1. The van der Waals surface area contributed by atoms with Crippen molar-refractivity contribution < 1.29 is 23.8 Å². The quantitative estimate of drug-likeness (QED) is 0.307. The van der Waals surface area contributed by atoms with Gasteiger partial charge < -0.3 is 14.6 Å². The van der Waals surface area contributed by atoms with Gasteiger partial charge in [-0.2, -0.15) is 0 Å². The molecule has 1 heterocycles. The number of pyridine rings is 1. The Labute approximate surface area is 206 Å². The third-order valence-electron chi connectivity index (χ3n) is 6.03. The van der Waals surface area contributed by atoms with Crippen LogP contribution in [0.2, 0.25) is 0 Å². The van der Waals surface area contributed by atoms with Crippen LogP contribution >= 0.6 is 0 Å². The molecular formula is C29H34FNO4. The van der Waals surface area contributed by atoms with Crippen LogP contribution in [0.5, 0.6) is 11.6 Å². The van der Waals surface area contributed by atoms with Crippen molar-refractivity contribution >= 4 is 5.97 Å². The number of rotatable bonds is 12. The van der Waals surface area contributed by atoms with E-state index in [4.69, 9.17) is 14.6 Å². The molecule has 0 radical (unpaired) electrons. The van der Waals surface area contributed by atoms with Crippen molar-refractivity contribution in [2.75, 3.05) is 7.11 Å². The van der Waals surface area contributed by atoms with Crippen LogP contribution in [0, 0.1) is 11.2 Å². The summed E-state index contributed by atoms with van der Waals surface area (Å²) < 4.78 is 26.1. The molecule has 5 nitrogen and oxygen atoms in total. The number of aryl methyl sites for hydroxylation is 1. The van der Waals surface area contributed by atoms with Gasteiger partial charge in [-0.05, 0) is 59.1 Å². The zero-order chi connectivity index (χ0) is 25.4. The lowest BCUT2D eigenvalue weighted by atomic mass is 9.79. The number of halogens is 1. The van der Waals surface area contributed by atoms with Crippen LogP contribution in [0.15, 0.2) is 54.7 Å². The van der Waals surface area contributed by atoms with E-state index in [2.05, 4.69) is 31.8 Å². The minimum Gasteiger partial charge on any atom is -0.489 e. The van der Waals surface area contributed by atoms with Crippen LogP contribution in [-0.2, 0) is 24.2 Å². The number of carbonyl (C=O) groups is 1. The summed E-state index contributed by atoms with van der Waals surface area (Å²) in [6.07, 6.45) is 4.65. The molecule has 0 saturated carbocycles. The first kappa shape index (κ1) is 26.2. The summed E-state index contributed by atoms with van der Waals surface area (Å²) in [5.41, 5.74) is 4.30. The lowest BCUT2D eigenvalue weighted by Gasteiger charge is -2.26. The summed E-state index contributed by atoms with van der Waals surface area (Å²) in [6.45, 7) is 6.99. The number of benzene rings is 2. The van der Waals surface area contributed by atoms with Crippen molar-refractivity contribution in [2.24, 2.45) is 5.41 Å². The first-order valence-corrected chi connectivity index (χ1v) is 12.0. The number of methoxy groups -OCH3 is 1. The Morgan fingerprint density at radius 1 is 1.09 bits per heavy atom. The largest absolute Gasteiger partial charge is 0.489 e. The monoisotopic (exact) mass is 479 g/mol. The van der Waals surface area contributed by atoms with Gasteiger partial charge in [-0.1, -0.05) is 57.5 Å². The molecule has 0 unspecified atom stereocenters. The molecule has 1 N–H and O–H groups in total. The summed E-state index contributed by atoms with van der Waals surface area (Å²) in [5.74, 6) is -0.147. The number of aromatic nitrogens is 1. The molecule has 0 fully saturated rings. The van der Waals surface area contributed by atoms with Gasteiger partial charge in [-0.25, -0.2) is 9.37 Å². The zero-order valence-electron chi connectivity index (χ0n) is 20.9. The standard InChI is InChI=1S/C29H34FNO4/c1-5-13-29(2,3)17-22-14-21(9-11-24(22)25-16-27(34-4)31-18-26(25)30)19-35-23-8-6-7-20(15-23)10-12-28(32)33/h6-9,11,14-16,18H,5,10,12-13,17,19H2,1-4H3,(H,32,33). The Morgan fingerprint density at radius 3 is 2.60 bits per heavy atom. The molecule has 3 rings (SSSR count). The van der Waals surface area contributed by atoms with Crippen molar-refractivity contribution in [3.8, 4) is 22.8 Å². The predicted octanol–water partition coefficient (Wildman–Crippen LogP) is 6.86. The SMILES string of the molecule is CCCC(C)(C)Cc1cc(COc2cccc(CCC(=O)O)c2)ccc1-c1cc(OC)ncc1F. The number of hydrogen-bond donors (Lipinski definition) is 1. The fraction of sp³-hybridized carbons (Fsp3) is 0.379. The van der Waals surface area contributed by atoms with Crippen molar-refractivity contribution in [3.63, 3.8) is 0 Å². The summed E-state index contributed by atoms with van der Waals surface area (Å²) in [5, 5.41) is 8.92. The number of ether oxygens (including phenoxy) is 2. The number of aliphatic carboxylic acids is 1. The maximum absolute atomic E-state index is 14.8. The van der Waals surface area contributed by atoms with Gasteiger partial charge in [-0.15, -0.1) is 0 Å². The molecule has 186 valence electrons. The summed E-state index contributed by atoms with van der Waals surface area (Å²) >= 11 is 0. The zero-order valence-corrected chi connectivity index (χ0v) is 20.9. The van der Waals surface area contributed by atoms with E-state index in [0.717, 1.165) is 41.5 Å². The van der Waals surface area contributed by atoms with Crippen molar-refractivity contribution in [3.05, 3.63) is 77.2 Å². The van der Waals surface area contributed by atoms with E-state index in [1.54, 1.807) is 6.07 Å². The van der Waals surface area contributed by atoms with E-state index in [9.17, 15) is 9.18 Å². The summed E-state index contributed by atoms with van der Waals surface area (Å²) in [4.78, 5) is 14.8. The lowest BCUT2D eigenvalue weighted by Crippen LogP contribution is -2.15. The van der Waals surface area contributed by atoms with Gasteiger partial charge in [0.25, 0.3) is 0 Å². The molecule has 2 aromatic carbocycles. The van der Waals surface area contributed by atoms with E-state index in [0.29, 0.717) is 30.2 Å². The molecule has 0 aliphatic carbocycles. The minimum atomic E-state index is -0.821. The van der Waals surface area contributed by atoms with Crippen LogP contribution in [-0.4, -0.2) is 23.2 Å². The molecule has 0 aliphatic heterocycles. The lowest BCUT2D eigenvalue weighted by molar-refractivity contribution is -0.136. The van der Waals surface area contributed by atoms with Crippen molar-refractivity contribution in [2.45, 2.75) is 59.5 Å². The van der Waals surface area contributed by atoms with Crippen LogP contribution in [0.1, 0.15) is 56.7 Å². The second-order valence-electron chi connectivity index (χ2n) is 9.62. The molecule has 0 atom stereocenters. The topological polar surface area (TPSA) is 68.7 Å². The highest BCUT2D eigenvalue weighted by Gasteiger charge is 2.21. The van der Waals surface area contributed by atoms with E-state index in [1.165, 1.54) is 13.3 Å². The Morgan fingerprint density at radius 2 is 1.89 bits per heavy atom. The molecular weight excluding hydrogens is 445 g/mol. The average Bonchev–Trinajstić information content (AvgIpc) is 2.82. The average molecular weight is 480 g/mol. The van der Waals surface area contributed by atoms with Gasteiger partial charge in [0.05, 0.1) is 13.3 Å².